The van der Waals surface area contributed by atoms with Gasteiger partial charge >= 0.3 is 0 Å². The van der Waals surface area contributed by atoms with Gasteiger partial charge in [-0.05, 0) is 43.2 Å². The van der Waals surface area contributed by atoms with Crippen LogP contribution in [0.2, 0.25) is 0 Å². The lowest BCUT2D eigenvalue weighted by Crippen LogP contribution is -2.50. The Bertz CT molecular complexity index is 418. The van der Waals surface area contributed by atoms with Gasteiger partial charge in [0.1, 0.15) is 0 Å². The van der Waals surface area contributed by atoms with Gasteiger partial charge in [0, 0.05) is 25.7 Å². The first-order chi connectivity index (χ1) is 10.3. The summed E-state index contributed by atoms with van der Waals surface area (Å²) in [5, 5.41) is 13.1. The van der Waals surface area contributed by atoms with E-state index in [2.05, 4.69) is 40.5 Å². The molecular formula is C18H28N2O. The first kappa shape index (κ1) is 15.0. The zero-order valence-electron chi connectivity index (χ0n) is 12.9. The summed E-state index contributed by atoms with van der Waals surface area (Å²) in [6.07, 6.45) is 5.45. The van der Waals surface area contributed by atoms with Gasteiger partial charge in [0.2, 0.25) is 0 Å². The van der Waals surface area contributed by atoms with Crippen molar-refractivity contribution in [3.63, 3.8) is 0 Å². The fraction of sp³-hybridized carbons (Fsp3) is 0.667. The average molecular weight is 288 g/mol. The summed E-state index contributed by atoms with van der Waals surface area (Å²) in [4.78, 5) is 2.42. The molecule has 1 aromatic rings. The summed E-state index contributed by atoms with van der Waals surface area (Å²) in [5.74, 6) is 1.50. The van der Waals surface area contributed by atoms with Gasteiger partial charge in [0.05, 0.1) is 6.61 Å². The lowest BCUT2D eigenvalue weighted by atomic mass is 9.84. The van der Waals surface area contributed by atoms with Gasteiger partial charge in [0.15, 0.2) is 0 Å². The van der Waals surface area contributed by atoms with Crippen LogP contribution in [-0.2, 0) is 0 Å². The van der Waals surface area contributed by atoms with Crippen LogP contribution in [0, 0.1) is 5.92 Å². The molecule has 2 fully saturated rings. The number of aliphatic hydroxyl groups is 1. The smallest absolute Gasteiger partial charge is 0.0558 e. The van der Waals surface area contributed by atoms with E-state index < -0.39 is 0 Å². The lowest BCUT2D eigenvalue weighted by molar-refractivity contribution is 0.133. The number of rotatable bonds is 6. The number of hydrogen-bond donors (Lipinski definition) is 2. The molecule has 2 aliphatic rings. The van der Waals surface area contributed by atoms with E-state index in [1.54, 1.807) is 0 Å². The highest BCUT2D eigenvalue weighted by molar-refractivity contribution is 5.21. The number of benzene rings is 1. The molecule has 0 amide bonds. The first-order valence-corrected chi connectivity index (χ1v) is 8.46. The highest BCUT2D eigenvalue weighted by Crippen LogP contribution is 2.29. The molecule has 0 aromatic heterocycles. The first-order valence-electron chi connectivity index (χ1n) is 8.46. The minimum Gasteiger partial charge on any atom is -0.395 e. The molecule has 21 heavy (non-hydrogen) atoms. The van der Waals surface area contributed by atoms with Crippen molar-refractivity contribution >= 4 is 0 Å². The Hall–Kier alpha value is -0.900. The number of likely N-dealkylation sites (tertiary alicyclic amines) is 1. The van der Waals surface area contributed by atoms with Crippen molar-refractivity contribution < 1.29 is 5.11 Å². The van der Waals surface area contributed by atoms with Crippen LogP contribution in [0.4, 0.5) is 0 Å². The van der Waals surface area contributed by atoms with Crippen LogP contribution in [-0.4, -0.2) is 48.8 Å². The fourth-order valence-electron chi connectivity index (χ4n) is 3.66. The Morgan fingerprint density at radius 1 is 1.14 bits per heavy atom. The zero-order chi connectivity index (χ0) is 14.5. The molecule has 0 radical (unpaired) electrons. The normalized spacial score (nSPS) is 27.5. The van der Waals surface area contributed by atoms with Gasteiger partial charge in [-0.3, -0.25) is 4.90 Å². The van der Waals surface area contributed by atoms with E-state index in [9.17, 15) is 5.11 Å². The van der Waals surface area contributed by atoms with Gasteiger partial charge in [0.25, 0.3) is 0 Å². The Labute approximate surface area is 128 Å². The number of β-amino-alcohol motifs (C(OH)–C–C–N with tert-alkyl or cyclic N) is 1. The third-order valence-corrected chi connectivity index (χ3v) is 5.13. The van der Waals surface area contributed by atoms with E-state index in [1.807, 2.05) is 0 Å². The van der Waals surface area contributed by atoms with E-state index in [-0.39, 0.29) is 6.61 Å². The summed E-state index contributed by atoms with van der Waals surface area (Å²) in [5.41, 5.74) is 1.44. The van der Waals surface area contributed by atoms with E-state index >= 15 is 0 Å². The lowest BCUT2D eigenvalue weighted by Gasteiger charge is -2.39. The van der Waals surface area contributed by atoms with Gasteiger partial charge in [-0.25, -0.2) is 0 Å². The third kappa shape index (κ3) is 4.06. The second kappa shape index (κ2) is 7.39. The topological polar surface area (TPSA) is 35.5 Å². The number of aliphatic hydroxyl groups excluding tert-OH is 1. The van der Waals surface area contributed by atoms with Crippen LogP contribution in [0.5, 0.6) is 0 Å². The second-order valence-corrected chi connectivity index (χ2v) is 6.73. The highest BCUT2D eigenvalue weighted by atomic mass is 16.3. The number of piperidine rings is 1. The maximum absolute atomic E-state index is 9.26. The summed E-state index contributed by atoms with van der Waals surface area (Å²) in [6.45, 7) is 4.39. The van der Waals surface area contributed by atoms with Crippen molar-refractivity contribution in [1.29, 1.82) is 0 Å². The Balaban J connectivity index is 1.60. The van der Waals surface area contributed by atoms with E-state index in [0.717, 1.165) is 25.6 Å². The molecule has 2 unspecified atom stereocenters. The quantitative estimate of drug-likeness (QED) is 0.842. The maximum atomic E-state index is 9.26. The minimum absolute atomic E-state index is 0.261. The molecular weight excluding hydrogens is 260 g/mol. The number of nitrogens with zero attached hydrogens (tertiary/aromatic N) is 1. The van der Waals surface area contributed by atoms with Crippen LogP contribution in [0.3, 0.4) is 0 Å². The van der Waals surface area contributed by atoms with Crippen LogP contribution < -0.4 is 5.32 Å². The van der Waals surface area contributed by atoms with Crippen LogP contribution in [0.15, 0.2) is 30.3 Å². The van der Waals surface area contributed by atoms with Crippen molar-refractivity contribution in [2.24, 2.45) is 5.92 Å². The van der Waals surface area contributed by atoms with E-state index in [1.165, 1.54) is 37.8 Å². The number of nitrogens with one attached hydrogen (secondary N) is 1. The SMILES string of the molecule is OCCN1CC(NCC2CCC2)CC(c2ccccc2)C1. The van der Waals surface area contributed by atoms with Crippen LogP contribution >= 0.6 is 0 Å². The molecule has 3 rings (SSSR count). The van der Waals surface area contributed by atoms with Crippen LogP contribution in [0.25, 0.3) is 0 Å². The fourth-order valence-corrected chi connectivity index (χ4v) is 3.66. The summed E-state index contributed by atoms with van der Waals surface area (Å²) < 4.78 is 0. The summed E-state index contributed by atoms with van der Waals surface area (Å²) in [7, 11) is 0. The average Bonchev–Trinajstić information content (AvgIpc) is 2.47. The van der Waals surface area contributed by atoms with Gasteiger partial charge in [-0.15, -0.1) is 0 Å². The molecule has 1 aromatic carbocycles. The van der Waals surface area contributed by atoms with Gasteiger partial charge in [-0.1, -0.05) is 36.8 Å². The zero-order valence-corrected chi connectivity index (χ0v) is 12.9. The van der Waals surface area contributed by atoms with Crippen molar-refractivity contribution in [3.8, 4) is 0 Å². The third-order valence-electron chi connectivity index (χ3n) is 5.13. The van der Waals surface area contributed by atoms with Crippen molar-refractivity contribution in [2.75, 3.05) is 32.8 Å². The molecule has 1 aliphatic heterocycles. The standard InChI is InChI=1S/C18H28N2O/c21-10-9-20-13-17(16-7-2-1-3-8-16)11-18(14-20)19-12-15-5-4-6-15/h1-3,7-8,15,17-19,21H,4-6,9-14H2. The predicted molar refractivity (Wildman–Crippen MR) is 86.5 cm³/mol. The second-order valence-electron chi connectivity index (χ2n) is 6.73. The predicted octanol–water partition coefficient (Wildman–Crippen LogP) is 2.23. The van der Waals surface area contributed by atoms with E-state index in [0.29, 0.717) is 12.0 Å². The molecule has 1 saturated heterocycles. The Kier molecular flexibility index (Phi) is 5.28. The monoisotopic (exact) mass is 288 g/mol. The molecule has 0 spiro atoms. The molecule has 1 aliphatic carbocycles. The summed E-state index contributed by atoms with van der Waals surface area (Å²) in [6, 6.07) is 11.4. The van der Waals surface area contributed by atoms with E-state index in [4.69, 9.17) is 0 Å². The molecule has 116 valence electrons. The Morgan fingerprint density at radius 2 is 1.95 bits per heavy atom. The molecule has 2 N–H and O–H groups in total. The molecule has 1 heterocycles. The van der Waals surface area contributed by atoms with Gasteiger partial charge in [-0.2, -0.15) is 0 Å². The largest absolute Gasteiger partial charge is 0.395 e. The van der Waals surface area contributed by atoms with Crippen molar-refractivity contribution in [1.82, 2.24) is 10.2 Å². The molecule has 3 nitrogen and oxygen atoms in total. The highest BCUT2D eigenvalue weighted by Gasteiger charge is 2.28. The Morgan fingerprint density at radius 3 is 2.62 bits per heavy atom. The summed E-state index contributed by atoms with van der Waals surface area (Å²) >= 11 is 0. The molecule has 0 bridgehead atoms. The van der Waals surface area contributed by atoms with Crippen LogP contribution in [0.1, 0.15) is 37.2 Å². The molecule has 3 heteroatoms. The van der Waals surface area contributed by atoms with Gasteiger partial charge < -0.3 is 10.4 Å². The minimum atomic E-state index is 0.261. The number of hydrogen-bond acceptors (Lipinski definition) is 3. The van der Waals surface area contributed by atoms with Crippen molar-refractivity contribution in [3.05, 3.63) is 35.9 Å². The maximum Gasteiger partial charge on any atom is 0.0558 e. The molecule has 2 atom stereocenters. The van der Waals surface area contributed by atoms with Crippen molar-refractivity contribution in [2.45, 2.75) is 37.6 Å². The molecule has 1 saturated carbocycles.